The summed E-state index contributed by atoms with van der Waals surface area (Å²) in [6, 6.07) is 0. The van der Waals surface area contributed by atoms with Crippen LogP contribution in [0.2, 0.25) is 0 Å². The zero-order valence-corrected chi connectivity index (χ0v) is 13.2. The first-order valence-electron chi connectivity index (χ1n) is 8.17. The van der Waals surface area contributed by atoms with Gasteiger partial charge in [-0.05, 0) is 50.4 Å². The Hall–Kier alpha value is -0.610. The number of carbonyl (C=O) groups is 1. The lowest BCUT2D eigenvalue weighted by atomic mass is 9.70. The molecule has 1 rings (SSSR count). The molecule has 0 radical (unpaired) electrons. The van der Waals surface area contributed by atoms with Crippen LogP contribution in [0.1, 0.15) is 58.8 Å². The summed E-state index contributed by atoms with van der Waals surface area (Å²) in [6.07, 6.45) is 6.91. The summed E-state index contributed by atoms with van der Waals surface area (Å²) in [4.78, 5) is 12.5. The van der Waals surface area contributed by atoms with Gasteiger partial charge in [-0.3, -0.25) is 4.79 Å². The summed E-state index contributed by atoms with van der Waals surface area (Å²) < 4.78 is 0. The van der Waals surface area contributed by atoms with Crippen molar-refractivity contribution in [1.82, 2.24) is 5.32 Å². The third-order valence-corrected chi connectivity index (χ3v) is 4.89. The minimum Gasteiger partial charge on any atom is -0.396 e. The van der Waals surface area contributed by atoms with E-state index in [1.165, 1.54) is 0 Å². The van der Waals surface area contributed by atoms with Gasteiger partial charge in [-0.2, -0.15) is 0 Å². The number of nitrogens with one attached hydrogen (secondary N) is 1. The largest absolute Gasteiger partial charge is 0.396 e. The van der Waals surface area contributed by atoms with Gasteiger partial charge in [-0.15, -0.1) is 0 Å². The first-order chi connectivity index (χ1) is 9.57. The van der Waals surface area contributed by atoms with E-state index in [2.05, 4.69) is 19.2 Å². The van der Waals surface area contributed by atoms with E-state index in [1.54, 1.807) is 0 Å². The van der Waals surface area contributed by atoms with Crippen molar-refractivity contribution in [2.45, 2.75) is 58.8 Å². The van der Waals surface area contributed by atoms with Crippen LogP contribution in [-0.2, 0) is 4.79 Å². The molecule has 1 aliphatic carbocycles. The summed E-state index contributed by atoms with van der Waals surface area (Å²) in [5, 5.41) is 12.2. The molecule has 20 heavy (non-hydrogen) atoms. The van der Waals surface area contributed by atoms with Crippen molar-refractivity contribution in [1.29, 1.82) is 0 Å². The maximum absolute atomic E-state index is 12.5. The third-order valence-electron chi connectivity index (χ3n) is 4.89. The normalized spacial score (nSPS) is 28.1. The Bertz CT molecular complexity index is 280. The van der Waals surface area contributed by atoms with Crippen molar-refractivity contribution in [3.63, 3.8) is 0 Å². The van der Waals surface area contributed by atoms with Gasteiger partial charge in [0.15, 0.2) is 0 Å². The monoisotopic (exact) mass is 284 g/mol. The molecule has 0 aromatic carbocycles. The molecule has 0 aromatic heterocycles. The second kappa shape index (κ2) is 8.63. The van der Waals surface area contributed by atoms with E-state index >= 15 is 0 Å². The molecule has 0 saturated heterocycles. The number of hydrogen-bond acceptors (Lipinski definition) is 3. The van der Waals surface area contributed by atoms with Crippen molar-refractivity contribution in [3.05, 3.63) is 0 Å². The number of rotatable bonds is 8. The van der Waals surface area contributed by atoms with Crippen LogP contribution < -0.4 is 11.1 Å². The topological polar surface area (TPSA) is 75.3 Å². The van der Waals surface area contributed by atoms with Gasteiger partial charge in [-0.1, -0.05) is 20.3 Å². The van der Waals surface area contributed by atoms with Gasteiger partial charge in [0.2, 0.25) is 5.91 Å². The van der Waals surface area contributed by atoms with E-state index in [4.69, 9.17) is 10.8 Å². The van der Waals surface area contributed by atoms with Crippen LogP contribution in [0, 0.1) is 17.3 Å². The van der Waals surface area contributed by atoms with E-state index in [1.807, 2.05) is 0 Å². The number of nitrogens with two attached hydrogens (primary N) is 1. The molecule has 1 amide bonds. The van der Waals surface area contributed by atoms with Gasteiger partial charge in [0, 0.05) is 19.7 Å². The highest BCUT2D eigenvalue weighted by molar-refractivity contribution is 5.83. The predicted octanol–water partition coefficient (Wildman–Crippen LogP) is 2.06. The van der Waals surface area contributed by atoms with E-state index in [9.17, 15) is 4.79 Å². The third kappa shape index (κ3) is 4.74. The van der Waals surface area contributed by atoms with Crippen molar-refractivity contribution in [3.8, 4) is 0 Å². The molecule has 4 heteroatoms. The molecule has 1 fully saturated rings. The van der Waals surface area contributed by atoms with E-state index in [-0.39, 0.29) is 17.9 Å². The predicted molar refractivity (Wildman–Crippen MR) is 82.2 cm³/mol. The smallest absolute Gasteiger partial charge is 0.227 e. The molecule has 0 aliphatic heterocycles. The lowest BCUT2D eigenvalue weighted by molar-refractivity contribution is -0.133. The Kier molecular flexibility index (Phi) is 7.52. The molecular weight excluding hydrogens is 252 g/mol. The standard InChI is InChI=1S/C16H32N2O2/c1-3-4-14(7-10-19)11-18-15(20)16(12-17)8-5-13(2)6-9-16/h13-14,19H,3-12,17H2,1-2H3,(H,18,20). The zero-order chi connectivity index (χ0) is 15.0. The van der Waals surface area contributed by atoms with Gasteiger partial charge in [0.1, 0.15) is 0 Å². The Balaban J connectivity index is 2.50. The Morgan fingerprint density at radius 1 is 1.40 bits per heavy atom. The van der Waals surface area contributed by atoms with Crippen LogP contribution in [0.15, 0.2) is 0 Å². The van der Waals surface area contributed by atoms with Gasteiger partial charge in [-0.25, -0.2) is 0 Å². The van der Waals surface area contributed by atoms with Gasteiger partial charge in [0.25, 0.3) is 0 Å². The van der Waals surface area contributed by atoms with Gasteiger partial charge in [0.05, 0.1) is 5.41 Å². The average molecular weight is 284 g/mol. The SMILES string of the molecule is CCCC(CCO)CNC(=O)C1(CN)CCC(C)CC1. The summed E-state index contributed by atoms with van der Waals surface area (Å²) in [6.45, 7) is 5.70. The fourth-order valence-corrected chi connectivity index (χ4v) is 3.20. The van der Waals surface area contributed by atoms with Crippen LogP contribution in [-0.4, -0.2) is 30.7 Å². The van der Waals surface area contributed by atoms with Crippen molar-refractivity contribution >= 4 is 5.91 Å². The molecule has 4 nitrogen and oxygen atoms in total. The highest BCUT2D eigenvalue weighted by Crippen LogP contribution is 2.38. The van der Waals surface area contributed by atoms with Crippen molar-refractivity contribution in [2.24, 2.45) is 23.0 Å². The average Bonchev–Trinajstić information content (AvgIpc) is 2.46. The number of amides is 1. The summed E-state index contributed by atoms with van der Waals surface area (Å²) in [5.41, 5.74) is 5.56. The van der Waals surface area contributed by atoms with Crippen LogP contribution in [0.4, 0.5) is 0 Å². The first-order valence-corrected chi connectivity index (χ1v) is 8.17. The molecule has 0 spiro atoms. The second-order valence-electron chi connectivity index (χ2n) is 6.54. The fraction of sp³-hybridized carbons (Fsp3) is 0.938. The lowest BCUT2D eigenvalue weighted by Gasteiger charge is -2.37. The molecular formula is C16H32N2O2. The maximum Gasteiger partial charge on any atom is 0.227 e. The molecule has 0 bridgehead atoms. The van der Waals surface area contributed by atoms with Gasteiger partial charge >= 0.3 is 0 Å². The fourth-order valence-electron chi connectivity index (χ4n) is 3.20. The molecule has 1 saturated carbocycles. The molecule has 0 aromatic rings. The summed E-state index contributed by atoms with van der Waals surface area (Å²) in [7, 11) is 0. The summed E-state index contributed by atoms with van der Waals surface area (Å²) in [5.74, 6) is 1.22. The highest BCUT2D eigenvalue weighted by atomic mass is 16.3. The molecule has 1 aliphatic rings. The van der Waals surface area contributed by atoms with Crippen LogP contribution >= 0.6 is 0 Å². The van der Waals surface area contributed by atoms with E-state index in [0.29, 0.717) is 24.9 Å². The minimum atomic E-state index is -0.345. The van der Waals surface area contributed by atoms with Crippen LogP contribution in [0.25, 0.3) is 0 Å². The van der Waals surface area contributed by atoms with Crippen molar-refractivity contribution in [2.75, 3.05) is 19.7 Å². The molecule has 1 unspecified atom stereocenters. The lowest BCUT2D eigenvalue weighted by Crippen LogP contribution is -2.49. The number of aliphatic hydroxyl groups excluding tert-OH is 1. The first kappa shape index (κ1) is 17.4. The van der Waals surface area contributed by atoms with Crippen LogP contribution in [0.5, 0.6) is 0 Å². The molecule has 118 valence electrons. The van der Waals surface area contributed by atoms with Crippen LogP contribution in [0.3, 0.4) is 0 Å². The molecule has 1 atom stereocenters. The highest BCUT2D eigenvalue weighted by Gasteiger charge is 2.39. The number of carbonyl (C=O) groups excluding carboxylic acids is 1. The maximum atomic E-state index is 12.5. The Morgan fingerprint density at radius 3 is 2.55 bits per heavy atom. The number of aliphatic hydroxyl groups is 1. The van der Waals surface area contributed by atoms with E-state index < -0.39 is 0 Å². The Morgan fingerprint density at radius 2 is 2.05 bits per heavy atom. The molecule has 4 N–H and O–H groups in total. The zero-order valence-electron chi connectivity index (χ0n) is 13.2. The number of hydrogen-bond donors (Lipinski definition) is 3. The second-order valence-corrected chi connectivity index (χ2v) is 6.54. The molecule has 0 heterocycles. The van der Waals surface area contributed by atoms with E-state index in [0.717, 1.165) is 44.9 Å². The van der Waals surface area contributed by atoms with Crippen molar-refractivity contribution < 1.29 is 9.90 Å². The Labute approximate surface area is 123 Å². The quantitative estimate of drug-likeness (QED) is 0.638. The summed E-state index contributed by atoms with van der Waals surface area (Å²) >= 11 is 0. The minimum absolute atomic E-state index is 0.131. The van der Waals surface area contributed by atoms with Gasteiger partial charge < -0.3 is 16.2 Å².